The number of aromatic nitrogens is 2. The van der Waals surface area contributed by atoms with Crippen molar-refractivity contribution in [3.63, 3.8) is 0 Å². The van der Waals surface area contributed by atoms with Crippen LogP contribution in [0.2, 0.25) is 0 Å². The Bertz CT molecular complexity index is 1110. The molecule has 0 saturated heterocycles. The molecule has 0 atom stereocenters. The summed E-state index contributed by atoms with van der Waals surface area (Å²) in [6.45, 7) is 14.2. The Labute approximate surface area is 189 Å². The molecule has 0 N–H and O–H groups in total. The second-order valence-corrected chi connectivity index (χ2v) is 10.8. The number of thiophene rings is 1. The largest absolute Gasteiger partial charge is 0.297 e. The third-order valence-electron chi connectivity index (χ3n) is 6.57. The third-order valence-corrected chi connectivity index (χ3v) is 7.76. The fourth-order valence-corrected chi connectivity index (χ4v) is 5.77. The van der Waals surface area contributed by atoms with Gasteiger partial charge in [-0.25, -0.2) is 4.98 Å². The summed E-state index contributed by atoms with van der Waals surface area (Å²) in [5, 5.41) is 0.884. The molecule has 0 amide bonds. The van der Waals surface area contributed by atoms with Crippen LogP contribution in [0.25, 0.3) is 10.2 Å². The van der Waals surface area contributed by atoms with E-state index >= 15 is 0 Å². The first-order valence-corrected chi connectivity index (χ1v) is 12.5. The van der Waals surface area contributed by atoms with Gasteiger partial charge in [-0.15, -0.1) is 11.3 Å². The summed E-state index contributed by atoms with van der Waals surface area (Å²) >= 11 is 1.75. The van der Waals surface area contributed by atoms with Gasteiger partial charge in [0.25, 0.3) is 5.56 Å². The summed E-state index contributed by atoms with van der Waals surface area (Å²) in [6.07, 6.45) is 4.51. The molecule has 0 radical (unpaired) electrons. The zero-order valence-electron chi connectivity index (χ0n) is 19.6. The van der Waals surface area contributed by atoms with Crippen LogP contribution < -0.4 is 5.56 Å². The highest BCUT2D eigenvalue weighted by atomic mass is 32.1. The average Bonchev–Trinajstić information content (AvgIpc) is 3.12. The third kappa shape index (κ3) is 4.49. The Kier molecular flexibility index (Phi) is 6.36. The van der Waals surface area contributed by atoms with Gasteiger partial charge in [0.05, 0.1) is 18.5 Å². The second-order valence-electron chi connectivity index (χ2n) is 9.72. The zero-order chi connectivity index (χ0) is 22.2. The van der Waals surface area contributed by atoms with Crippen molar-refractivity contribution in [1.29, 1.82) is 0 Å². The van der Waals surface area contributed by atoms with Crippen LogP contribution in [0.3, 0.4) is 0 Å². The first kappa shape index (κ1) is 22.2. The van der Waals surface area contributed by atoms with Crippen molar-refractivity contribution >= 4 is 21.6 Å². The SMILES string of the molecule is CCN(CC)Cc1nc2sc3c(c2c(=O)n1Cc1ccc(C(C)(C)C)cc1)CCCC3. The fraction of sp³-hybridized carbons (Fsp3) is 0.538. The number of aryl methyl sites for hydroxylation is 2. The van der Waals surface area contributed by atoms with E-state index in [1.54, 1.807) is 11.3 Å². The quantitative estimate of drug-likeness (QED) is 0.509. The van der Waals surface area contributed by atoms with Crippen LogP contribution in [-0.4, -0.2) is 27.5 Å². The van der Waals surface area contributed by atoms with E-state index in [1.807, 2.05) is 4.57 Å². The molecule has 166 valence electrons. The summed E-state index contributed by atoms with van der Waals surface area (Å²) in [7, 11) is 0. The van der Waals surface area contributed by atoms with Gasteiger partial charge in [0.2, 0.25) is 0 Å². The molecule has 2 heterocycles. The van der Waals surface area contributed by atoms with Crippen molar-refractivity contribution in [2.45, 2.75) is 78.8 Å². The monoisotopic (exact) mass is 437 g/mol. The van der Waals surface area contributed by atoms with E-state index in [1.165, 1.54) is 28.8 Å². The molecule has 0 fully saturated rings. The van der Waals surface area contributed by atoms with Crippen molar-refractivity contribution in [2.75, 3.05) is 13.1 Å². The standard InChI is InChI=1S/C26H35N3OS/c1-6-28(7-2)17-22-27-24-23(20-10-8-9-11-21(20)31-24)25(30)29(22)16-18-12-14-19(15-13-18)26(3,4)5/h12-15H,6-11,16-17H2,1-5H3. The number of hydrogen-bond acceptors (Lipinski definition) is 4. The van der Waals surface area contributed by atoms with Crippen molar-refractivity contribution in [1.82, 2.24) is 14.5 Å². The molecule has 4 rings (SSSR count). The maximum atomic E-state index is 13.8. The number of rotatable bonds is 6. The van der Waals surface area contributed by atoms with Crippen LogP contribution in [0.5, 0.6) is 0 Å². The van der Waals surface area contributed by atoms with Crippen LogP contribution in [-0.2, 0) is 31.3 Å². The fourth-order valence-electron chi connectivity index (χ4n) is 4.50. The number of fused-ring (bicyclic) bond motifs is 3. The number of nitrogens with zero attached hydrogens (tertiary/aromatic N) is 3. The minimum atomic E-state index is 0.124. The van der Waals surface area contributed by atoms with Crippen LogP contribution in [0.1, 0.15) is 74.9 Å². The average molecular weight is 438 g/mol. The van der Waals surface area contributed by atoms with E-state index in [4.69, 9.17) is 4.98 Å². The predicted octanol–water partition coefficient (Wildman–Crippen LogP) is 5.52. The molecule has 0 bridgehead atoms. The molecular formula is C26H35N3OS. The summed E-state index contributed by atoms with van der Waals surface area (Å²) in [5.41, 5.74) is 4.01. The molecule has 0 saturated carbocycles. The van der Waals surface area contributed by atoms with Gasteiger partial charge in [0.15, 0.2) is 0 Å². The minimum absolute atomic E-state index is 0.124. The van der Waals surface area contributed by atoms with Gasteiger partial charge in [-0.2, -0.15) is 0 Å². The van der Waals surface area contributed by atoms with Crippen molar-refractivity contribution < 1.29 is 0 Å². The zero-order valence-corrected chi connectivity index (χ0v) is 20.4. The van der Waals surface area contributed by atoms with E-state index in [0.717, 1.165) is 47.5 Å². The molecule has 5 heteroatoms. The van der Waals surface area contributed by atoms with Gasteiger partial charge >= 0.3 is 0 Å². The molecule has 31 heavy (non-hydrogen) atoms. The summed E-state index contributed by atoms with van der Waals surface area (Å²) in [4.78, 5) is 23.5. The van der Waals surface area contributed by atoms with Crippen LogP contribution in [0.15, 0.2) is 29.1 Å². The van der Waals surface area contributed by atoms with Gasteiger partial charge < -0.3 is 0 Å². The highest BCUT2D eigenvalue weighted by Crippen LogP contribution is 2.34. The summed E-state index contributed by atoms with van der Waals surface area (Å²) in [6, 6.07) is 8.73. The van der Waals surface area contributed by atoms with Crippen LogP contribution in [0, 0.1) is 0 Å². The molecular weight excluding hydrogens is 402 g/mol. The van der Waals surface area contributed by atoms with Crippen LogP contribution >= 0.6 is 11.3 Å². The van der Waals surface area contributed by atoms with Crippen LogP contribution in [0.4, 0.5) is 0 Å². The molecule has 1 aliphatic carbocycles. The van der Waals surface area contributed by atoms with E-state index < -0.39 is 0 Å². The minimum Gasteiger partial charge on any atom is -0.297 e. The van der Waals surface area contributed by atoms with Crippen molar-refractivity contribution in [3.8, 4) is 0 Å². The maximum absolute atomic E-state index is 13.8. The van der Waals surface area contributed by atoms with Gasteiger partial charge in [-0.3, -0.25) is 14.3 Å². The normalized spacial score (nSPS) is 14.4. The molecule has 2 aromatic heterocycles. The first-order chi connectivity index (χ1) is 14.8. The highest BCUT2D eigenvalue weighted by molar-refractivity contribution is 7.18. The lowest BCUT2D eigenvalue weighted by molar-refractivity contribution is 0.282. The van der Waals surface area contributed by atoms with E-state index in [0.29, 0.717) is 13.1 Å². The van der Waals surface area contributed by atoms with E-state index in [-0.39, 0.29) is 11.0 Å². The van der Waals surface area contributed by atoms with Gasteiger partial charge in [0.1, 0.15) is 10.7 Å². The maximum Gasteiger partial charge on any atom is 0.262 e. The van der Waals surface area contributed by atoms with Gasteiger partial charge in [-0.1, -0.05) is 58.9 Å². The Balaban J connectivity index is 1.80. The smallest absolute Gasteiger partial charge is 0.262 e. The number of benzene rings is 1. The van der Waals surface area contributed by atoms with Crippen molar-refractivity contribution in [2.24, 2.45) is 0 Å². The molecule has 3 aromatic rings. The second kappa shape index (κ2) is 8.87. The highest BCUT2D eigenvalue weighted by Gasteiger charge is 2.23. The van der Waals surface area contributed by atoms with Gasteiger partial charge in [-0.05, 0) is 60.9 Å². The Morgan fingerprint density at radius 3 is 2.39 bits per heavy atom. The summed E-state index contributed by atoms with van der Waals surface area (Å²) in [5.74, 6) is 0.889. The van der Waals surface area contributed by atoms with E-state index in [9.17, 15) is 4.79 Å². The summed E-state index contributed by atoms with van der Waals surface area (Å²) < 4.78 is 1.94. The topological polar surface area (TPSA) is 38.1 Å². The number of hydrogen-bond donors (Lipinski definition) is 0. The lowest BCUT2D eigenvalue weighted by Gasteiger charge is -2.21. The van der Waals surface area contributed by atoms with Crippen molar-refractivity contribution in [3.05, 3.63) is 62.0 Å². The lowest BCUT2D eigenvalue weighted by atomic mass is 9.87. The Hall–Kier alpha value is -1.98. The predicted molar refractivity (Wildman–Crippen MR) is 131 cm³/mol. The van der Waals surface area contributed by atoms with E-state index in [2.05, 4.69) is 63.8 Å². The molecule has 0 aliphatic heterocycles. The Morgan fingerprint density at radius 2 is 1.74 bits per heavy atom. The molecule has 0 spiro atoms. The Morgan fingerprint density at radius 1 is 1.06 bits per heavy atom. The first-order valence-electron chi connectivity index (χ1n) is 11.7. The lowest BCUT2D eigenvalue weighted by Crippen LogP contribution is -2.31. The molecule has 4 nitrogen and oxygen atoms in total. The molecule has 1 aliphatic rings. The molecule has 0 unspecified atom stereocenters. The van der Waals surface area contributed by atoms with Gasteiger partial charge in [0, 0.05) is 4.88 Å². The molecule has 1 aromatic carbocycles.